The van der Waals surface area contributed by atoms with E-state index < -0.39 is 0 Å². The fourth-order valence-corrected chi connectivity index (χ4v) is 2.88. The van der Waals surface area contributed by atoms with Crippen LogP contribution in [0.15, 0.2) is 53.6 Å². The summed E-state index contributed by atoms with van der Waals surface area (Å²) in [7, 11) is 1.68. The van der Waals surface area contributed by atoms with Gasteiger partial charge in [-0.1, -0.05) is 29.6 Å². The molecule has 0 bridgehead atoms. The lowest BCUT2D eigenvalue weighted by Crippen LogP contribution is -2.22. The molecule has 1 N–H and O–H groups in total. The number of fused-ring (bicyclic) bond motifs is 3. The number of anilines is 1. The van der Waals surface area contributed by atoms with Gasteiger partial charge < -0.3 is 5.32 Å². The first kappa shape index (κ1) is 14.5. The summed E-state index contributed by atoms with van der Waals surface area (Å²) >= 11 is 5.44. The molecule has 0 aliphatic heterocycles. The maximum Gasteiger partial charge on any atom is 0.261 e. The molecular formula is C16H12N6OS. The number of rotatable bonds is 2. The summed E-state index contributed by atoms with van der Waals surface area (Å²) in [6, 6.07) is 10.9. The predicted molar refractivity (Wildman–Crippen MR) is 95.3 cm³/mol. The van der Waals surface area contributed by atoms with Crippen LogP contribution in [0.4, 0.5) is 5.69 Å². The van der Waals surface area contributed by atoms with E-state index in [0.717, 1.165) is 5.69 Å². The Morgan fingerprint density at radius 1 is 1.21 bits per heavy atom. The molecule has 118 valence electrons. The molecule has 0 saturated carbocycles. The van der Waals surface area contributed by atoms with E-state index in [1.54, 1.807) is 36.1 Å². The van der Waals surface area contributed by atoms with Gasteiger partial charge in [0.25, 0.3) is 5.56 Å². The lowest BCUT2D eigenvalue weighted by atomic mass is 10.2. The number of aromatic nitrogens is 5. The normalized spacial score (nSPS) is 11.0. The topological polar surface area (TPSA) is 77.1 Å². The first-order valence-electron chi connectivity index (χ1n) is 7.21. The molecule has 0 radical (unpaired) electrons. The second kappa shape index (κ2) is 5.50. The van der Waals surface area contributed by atoms with E-state index in [1.165, 1.54) is 4.57 Å². The highest BCUT2D eigenvalue weighted by Gasteiger charge is 2.18. The zero-order valence-electron chi connectivity index (χ0n) is 12.7. The van der Waals surface area contributed by atoms with Gasteiger partial charge >= 0.3 is 0 Å². The van der Waals surface area contributed by atoms with Crippen LogP contribution in [0.5, 0.6) is 0 Å². The Bertz CT molecular complexity index is 1130. The van der Waals surface area contributed by atoms with Gasteiger partial charge in [0, 0.05) is 13.2 Å². The van der Waals surface area contributed by atoms with E-state index in [4.69, 9.17) is 12.2 Å². The van der Waals surface area contributed by atoms with E-state index in [0.29, 0.717) is 27.2 Å². The van der Waals surface area contributed by atoms with Gasteiger partial charge in [-0.25, -0.2) is 0 Å². The largest absolute Gasteiger partial charge is 0.343 e. The van der Waals surface area contributed by atoms with Crippen LogP contribution in [-0.4, -0.2) is 29.4 Å². The van der Waals surface area contributed by atoms with Gasteiger partial charge in [-0.3, -0.25) is 14.3 Å². The van der Waals surface area contributed by atoms with Gasteiger partial charge in [-0.2, -0.15) is 4.52 Å². The third kappa shape index (κ3) is 2.16. The predicted octanol–water partition coefficient (Wildman–Crippen LogP) is 1.76. The molecular weight excluding hydrogens is 324 g/mol. The molecule has 4 rings (SSSR count). The first-order chi connectivity index (χ1) is 11.7. The van der Waals surface area contributed by atoms with Crippen molar-refractivity contribution in [2.24, 2.45) is 7.05 Å². The number of hydrogen-bond acceptors (Lipinski definition) is 5. The molecule has 0 aliphatic rings. The Morgan fingerprint density at radius 3 is 2.83 bits per heavy atom. The lowest BCUT2D eigenvalue weighted by Gasteiger charge is -2.08. The van der Waals surface area contributed by atoms with Crippen molar-refractivity contribution in [1.82, 2.24) is 24.4 Å². The van der Waals surface area contributed by atoms with Crippen molar-refractivity contribution in [2.75, 3.05) is 5.32 Å². The molecule has 1 aromatic carbocycles. The molecule has 0 aliphatic carbocycles. The van der Waals surface area contributed by atoms with Gasteiger partial charge in [0.15, 0.2) is 11.3 Å². The smallest absolute Gasteiger partial charge is 0.261 e. The van der Waals surface area contributed by atoms with E-state index in [9.17, 15) is 4.79 Å². The molecule has 7 nitrogen and oxygen atoms in total. The molecule has 0 atom stereocenters. The van der Waals surface area contributed by atoms with Crippen LogP contribution >= 0.6 is 12.2 Å². The standard InChI is InChI=1S/C16H12N6OS/c1-21-15-13(14(24)18-10-5-4-8-17-9-10)19-20-22(15)12-7-3-2-6-11(12)16(21)23/h2-9H,1H3,(H,18,24). The monoisotopic (exact) mass is 336 g/mol. The minimum atomic E-state index is -0.120. The van der Waals surface area contributed by atoms with Gasteiger partial charge in [0.05, 0.1) is 22.8 Å². The van der Waals surface area contributed by atoms with E-state index >= 15 is 0 Å². The molecule has 0 unspecified atom stereocenters. The Kier molecular flexibility index (Phi) is 3.31. The van der Waals surface area contributed by atoms with Gasteiger partial charge in [-0.15, -0.1) is 5.10 Å². The van der Waals surface area contributed by atoms with Crippen molar-refractivity contribution < 1.29 is 0 Å². The molecule has 8 heteroatoms. The van der Waals surface area contributed by atoms with Gasteiger partial charge in [-0.05, 0) is 24.3 Å². The van der Waals surface area contributed by atoms with Crippen LogP contribution in [0.3, 0.4) is 0 Å². The lowest BCUT2D eigenvalue weighted by molar-refractivity contribution is 0.823. The molecule has 0 spiro atoms. The molecule has 0 saturated heterocycles. The fraction of sp³-hybridized carbons (Fsp3) is 0.0625. The summed E-state index contributed by atoms with van der Waals surface area (Å²) in [4.78, 5) is 17.0. The van der Waals surface area contributed by atoms with Crippen molar-refractivity contribution >= 4 is 39.4 Å². The summed E-state index contributed by atoms with van der Waals surface area (Å²) in [6.45, 7) is 0. The molecule has 0 amide bonds. The molecule has 24 heavy (non-hydrogen) atoms. The summed E-state index contributed by atoms with van der Waals surface area (Å²) in [5.41, 5.74) is 2.30. The highest BCUT2D eigenvalue weighted by Crippen LogP contribution is 2.16. The zero-order valence-corrected chi connectivity index (χ0v) is 13.5. The minimum Gasteiger partial charge on any atom is -0.343 e. The number of nitrogens with one attached hydrogen (secondary N) is 1. The van der Waals surface area contributed by atoms with Crippen molar-refractivity contribution in [3.63, 3.8) is 0 Å². The summed E-state index contributed by atoms with van der Waals surface area (Å²) in [6.07, 6.45) is 3.34. The molecule has 0 fully saturated rings. The van der Waals surface area contributed by atoms with Crippen LogP contribution in [0, 0.1) is 0 Å². The van der Waals surface area contributed by atoms with Gasteiger partial charge in [0.1, 0.15) is 4.99 Å². The Morgan fingerprint density at radius 2 is 2.04 bits per heavy atom. The van der Waals surface area contributed by atoms with E-state index in [1.807, 2.05) is 24.3 Å². The van der Waals surface area contributed by atoms with Crippen LogP contribution in [0.2, 0.25) is 0 Å². The van der Waals surface area contributed by atoms with Crippen LogP contribution in [0.25, 0.3) is 16.6 Å². The SMILES string of the molecule is Cn1c(=O)c2ccccc2n2nnc(C(=S)Nc3cccnc3)c12. The first-order valence-corrected chi connectivity index (χ1v) is 7.62. The number of nitrogens with zero attached hydrogens (tertiary/aromatic N) is 5. The van der Waals surface area contributed by atoms with Crippen molar-refractivity contribution in [1.29, 1.82) is 0 Å². The quantitative estimate of drug-likeness (QED) is 0.562. The number of thiocarbonyl (C=S) groups is 1. The highest BCUT2D eigenvalue weighted by molar-refractivity contribution is 7.81. The third-order valence-electron chi connectivity index (χ3n) is 3.77. The van der Waals surface area contributed by atoms with E-state index in [-0.39, 0.29) is 5.56 Å². The fourth-order valence-electron chi connectivity index (χ4n) is 2.63. The van der Waals surface area contributed by atoms with Crippen molar-refractivity contribution in [3.05, 3.63) is 64.8 Å². The Labute approximate surface area is 141 Å². The average Bonchev–Trinajstić information content (AvgIpc) is 3.06. The number of para-hydroxylation sites is 1. The highest BCUT2D eigenvalue weighted by atomic mass is 32.1. The maximum atomic E-state index is 12.6. The maximum absolute atomic E-state index is 12.6. The Hall–Kier alpha value is -3.13. The molecule has 3 heterocycles. The van der Waals surface area contributed by atoms with Crippen molar-refractivity contribution in [2.45, 2.75) is 0 Å². The molecule has 4 aromatic rings. The van der Waals surface area contributed by atoms with Crippen molar-refractivity contribution in [3.8, 4) is 0 Å². The molecule has 3 aromatic heterocycles. The second-order valence-electron chi connectivity index (χ2n) is 5.25. The van der Waals surface area contributed by atoms with Crippen LogP contribution < -0.4 is 10.9 Å². The Balaban J connectivity index is 1.92. The van der Waals surface area contributed by atoms with Gasteiger partial charge in [0.2, 0.25) is 0 Å². The minimum absolute atomic E-state index is 0.120. The average molecular weight is 336 g/mol. The summed E-state index contributed by atoms with van der Waals surface area (Å²) in [5, 5.41) is 12.0. The zero-order chi connectivity index (χ0) is 16.7. The van der Waals surface area contributed by atoms with Crippen LogP contribution in [-0.2, 0) is 7.05 Å². The number of benzene rings is 1. The summed E-state index contributed by atoms with van der Waals surface area (Å²) in [5.74, 6) is 0. The second-order valence-corrected chi connectivity index (χ2v) is 5.66. The summed E-state index contributed by atoms with van der Waals surface area (Å²) < 4.78 is 3.14. The van der Waals surface area contributed by atoms with E-state index in [2.05, 4.69) is 20.6 Å². The van der Waals surface area contributed by atoms with Crippen LogP contribution in [0.1, 0.15) is 5.69 Å². The third-order valence-corrected chi connectivity index (χ3v) is 4.06. The number of hydrogen-bond donors (Lipinski definition) is 1. The number of pyridine rings is 1. The number of aryl methyl sites for hydroxylation is 1.